The molecule has 1 aromatic heterocycles. The smallest absolute Gasteiger partial charge is 0.241 e. The fraction of sp³-hybridized carbons (Fsp3) is 0.400. The number of aryl methyl sites for hydroxylation is 1. The largest absolute Gasteiger partial charge is 0.256 e. The molecule has 0 amide bonds. The number of pyridine rings is 1. The van der Waals surface area contributed by atoms with Gasteiger partial charge < -0.3 is 0 Å². The van der Waals surface area contributed by atoms with E-state index < -0.39 is 10.0 Å². The lowest BCUT2D eigenvalue weighted by Crippen LogP contribution is -2.39. The van der Waals surface area contributed by atoms with Gasteiger partial charge in [-0.1, -0.05) is 42.5 Å². The van der Waals surface area contributed by atoms with Crippen molar-refractivity contribution in [3.63, 3.8) is 0 Å². The van der Waals surface area contributed by atoms with Gasteiger partial charge in [-0.25, -0.2) is 13.1 Å². The van der Waals surface area contributed by atoms with Crippen LogP contribution < -0.4 is 4.72 Å². The zero-order valence-corrected chi connectivity index (χ0v) is 15.3. The van der Waals surface area contributed by atoms with E-state index in [0.717, 1.165) is 15.5 Å². The van der Waals surface area contributed by atoms with Gasteiger partial charge >= 0.3 is 0 Å². The van der Waals surface area contributed by atoms with E-state index in [-0.39, 0.29) is 12.0 Å². The summed E-state index contributed by atoms with van der Waals surface area (Å²) in [5.41, 5.74) is 1.70. The van der Waals surface area contributed by atoms with Crippen molar-refractivity contribution in [2.45, 2.75) is 31.7 Å². The summed E-state index contributed by atoms with van der Waals surface area (Å²) in [6, 6.07) is 6.95. The van der Waals surface area contributed by atoms with Gasteiger partial charge in [-0.15, -0.1) is 0 Å². The Hall–Kier alpha value is -0.730. The fourth-order valence-electron chi connectivity index (χ4n) is 2.13. The van der Waals surface area contributed by atoms with E-state index in [1.807, 2.05) is 20.8 Å². The first-order valence-corrected chi connectivity index (χ1v) is 9.80. The van der Waals surface area contributed by atoms with Gasteiger partial charge in [0.25, 0.3) is 0 Å². The molecule has 6 heteroatoms. The summed E-state index contributed by atoms with van der Waals surface area (Å²) < 4.78 is 28.9. The lowest BCUT2D eigenvalue weighted by atomic mass is 10.1. The number of halogens is 1. The van der Waals surface area contributed by atoms with E-state index in [9.17, 15) is 8.42 Å². The number of alkyl halides is 1. The molecule has 114 valence electrons. The summed E-state index contributed by atoms with van der Waals surface area (Å²) in [5, 5.41) is 0.668. The lowest BCUT2D eigenvalue weighted by Gasteiger charge is -2.20. The number of sulfonamides is 1. The van der Waals surface area contributed by atoms with Gasteiger partial charge in [-0.3, -0.25) is 4.98 Å². The van der Waals surface area contributed by atoms with E-state index >= 15 is 0 Å². The number of benzene rings is 1. The molecule has 1 heterocycles. The fourth-order valence-corrected chi connectivity index (χ4v) is 5.25. The van der Waals surface area contributed by atoms with Crippen LogP contribution in [0, 0.1) is 12.8 Å². The molecule has 0 saturated heterocycles. The van der Waals surface area contributed by atoms with Crippen molar-refractivity contribution in [3.8, 4) is 0 Å². The van der Waals surface area contributed by atoms with Crippen LogP contribution in [0.1, 0.15) is 19.4 Å². The van der Waals surface area contributed by atoms with Gasteiger partial charge in [0, 0.05) is 22.1 Å². The van der Waals surface area contributed by atoms with Gasteiger partial charge in [0.15, 0.2) is 0 Å². The summed E-state index contributed by atoms with van der Waals surface area (Å²) in [5.74, 6) is 0.242. The number of hydrogen-bond donors (Lipinski definition) is 1. The van der Waals surface area contributed by atoms with Crippen LogP contribution in [0.2, 0.25) is 0 Å². The van der Waals surface area contributed by atoms with Crippen molar-refractivity contribution >= 4 is 43.5 Å². The van der Waals surface area contributed by atoms with Crippen LogP contribution in [0.3, 0.4) is 0 Å². The molecule has 1 aromatic carbocycles. The number of aromatic nitrogens is 1. The number of nitrogens with one attached hydrogen (secondary N) is 1. The minimum atomic E-state index is -3.55. The second kappa shape index (κ2) is 6.58. The molecule has 0 aliphatic heterocycles. The van der Waals surface area contributed by atoms with Gasteiger partial charge in [-0.2, -0.15) is 0 Å². The normalized spacial score (nSPS) is 13.8. The third kappa shape index (κ3) is 3.54. The zero-order valence-electron chi connectivity index (χ0n) is 12.3. The van der Waals surface area contributed by atoms with E-state index in [2.05, 4.69) is 32.3 Å². The van der Waals surface area contributed by atoms with Gasteiger partial charge in [-0.05, 0) is 36.6 Å². The van der Waals surface area contributed by atoms with Crippen LogP contribution in [-0.4, -0.2) is 23.9 Å². The van der Waals surface area contributed by atoms with E-state index in [4.69, 9.17) is 0 Å². The number of rotatable bonds is 5. The zero-order chi connectivity index (χ0) is 15.6. The Labute approximate surface area is 139 Å². The van der Waals surface area contributed by atoms with E-state index in [1.165, 1.54) is 0 Å². The number of hydrogen-bond acceptors (Lipinski definition) is 3. The monoisotopic (exact) mass is 418 g/mol. The van der Waals surface area contributed by atoms with Crippen molar-refractivity contribution in [1.82, 2.24) is 9.71 Å². The second-order valence-electron chi connectivity index (χ2n) is 5.41. The Morgan fingerprint density at radius 1 is 1.29 bits per heavy atom. The molecule has 1 atom stereocenters. The summed E-state index contributed by atoms with van der Waals surface area (Å²) in [6.45, 7) is 5.96. The maximum absolute atomic E-state index is 12.7. The Bertz CT molecular complexity index is 744. The van der Waals surface area contributed by atoms with Gasteiger partial charge in [0.05, 0.1) is 10.4 Å². The van der Waals surface area contributed by atoms with Crippen molar-refractivity contribution in [3.05, 3.63) is 36.0 Å². The molecular formula is C15H19IN2O2S. The molecule has 1 N–H and O–H groups in total. The Kier molecular flexibility index (Phi) is 5.21. The standard InChI is InChI=1S/C15H19IN2O2S/c1-10(2)13(9-16)18-21(19,20)14-7-6-11(3)15-12(14)5-4-8-17-15/h4-8,10,13,18H,9H2,1-3H3. The SMILES string of the molecule is Cc1ccc(S(=O)(=O)NC(CI)C(C)C)c2cccnc12. The third-order valence-electron chi connectivity index (χ3n) is 3.50. The average Bonchev–Trinajstić information content (AvgIpc) is 2.45. The minimum Gasteiger partial charge on any atom is -0.256 e. The Morgan fingerprint density at radius 2 is 2.00 bits per heavy atom. The van der Waals surface area contributed by atoms with Crippen LogP contribution in [0.15, 0.2) is 35.4 Å². The summed E-state index contributed by atoms with van der Waals surface area (Å²) in [7, 11) is -3.55. The predicted octanol–water partition coefficient (Wildman–Crippen LogP) is 3.28. The average molecular weight is 418 g/mol. The maximum Gasteiger partial charge on any atom is 0.241 e. The van der Waals surface area contributed by atoms with Crippen molar-refractivity contribution in [2.75, 3.05) is 4.43 Å². The van der Waals surface area contributed by atoms with Crippen LogP contribution in [0.5, 0.6) is 0 Å². The molecular weight excluding hydrogens is 399 g/mol. The molecule has 2 aromatic rings. The third-order valence-corrected chi connectivity index (χ3v) is 6.00. The van der Waals surface area contributed by atoms with Crippen molar-refractivity contribution < 1.29 is 8.42 Å². The quantitative estimate of drug-likeness (QED) is 0.599. The lowest BCUT2D eigenvalue weighted by molar-refractivity contribution is 0.486. The topological polar surface area (TPSA) is 59.1 Å². The molecule has 0 radical (unpaired) electrons. The molecule has 0 spiro atoms. The second-order valence-corrected chi connectivity index (χ2v) is 7.97. The molecule has 0 bridgehead atoms. The highest BCUT2D eigenvalue weighted by molar-refractivity contribution is 14.1. The highest BCUT2D eigenvalue weighted by Gasteiger charge is 2.23. The van der Waals surface area contributed by atoms with Gasteiger partial charge in [0.1, 0.15) is 0 Å². The first-order valence-electron chi connectivity index (χ1n) is 6.79. The van der Waals surface area contributed by atoms with Crippen LogP contribution >= 0.6 is 22.6 Å². The van der Waals surface area contributed by atoms with Gasteiger partial charge in [0.2, 0.25) is 10.0 Å². The van der Waals surface area contributed by atoms with E-state index in [1.54, 1.807) is 30.5 Å². The van der Waals surface area contributed by atoms with Crippen LogP contribution in [0.4, 0.5) is 0 Å². The molecule has 1 unspecified atom stereocenters. The molecule has 0 aliphatic carbocycles. The molecule has 0 aliphatic rings. The van der Waals surface area contributed by atoms with Crippen molar-refractivity contribution in [1.29, 1.82) is 0 Å². The van der Waals surface area contributed by atoms with Crippen LogP contribution in [0.25, 0.3) is 10.9 Å². The predicted molar refractivity (Wildman–Crippen MR) is 94.3 cm³/mol. The molecule has 2 rings (SSSR count). The minimum absolute atomic E-state index is 0.0800. The first kappa shape index (κ1) is 16.6. The molecule has 0 fully saturated rings. The summed E-state index contributed by atoms with van der Waals surface area (Å²) >= 11 is 2.21. The summed E-state index contributed by atoms with van der Waals surface area (Å²) in [6.07, 6.45) is 1.68. The molecule has 21 heavy (non-hydrogen) atoms. The molecule has 4 nitrogen and oxygen atoms in total. The van der Waals surface area contributed by atoms with E-state index in [0.29, 0.717) is 10.3 Å². The maximum atomic E-state index is 12.7. The van der Waals surface area contributed by atoms with Crippen LogP contribution in [-0.2, 0) is 10.0 Å². The molecule has 0 saturated carbocycles. The number of fused-ring (bicyclic) bond motifs is 1. The highest BCUT2D eigenvalue weighted by Crippen LogP contribution is 2.24. The highest BCUT2D eigenvalue weighted by atomic mass is 127. The van der Waals surface area contributed by atoms with Crippen molar-refractivity contribution in [2.24, 2.45) is 5.92 Å². The number of nitrogens with zero attached hydrogens (tertiary/aromatic N) is 1. The Balaban J connectivity index is 2.53. The first-order chi connectivity index (χ1) is 9.86. The Morgan fingerprint density at radius 3 is 2.62 bits per heavy atom. The summed E-state index contributed by atoms with van der Waals surface area (Å²) in [4.78, 5) is 4.59.